The maximum absolute atomic E-state index is 11.9. The summed E-state index contributed by atoms with van der Waals surface area (Å²) in [6, 6.07) is 0. The van der Waals surface area contributed by atoms with E-state index >= 15 is 0 Å². The van der Waals surface area contributed by atoms with E-state index in [1.165, 1.54) is 5.56 Å². The molecule has 1 N–H and O–H groups in total. The number of nitrogens with one attached hydrogen (secondary N) is 1. The van der Waals surface area contributed by atoms with Crippen molar-refractivity contribution in [1.82, 2.24) is 15.1 Å². The average Bonchev–Trinajstić information content (AvgIpc) is 2.65. The predicted octanol–water partition coefficient (Wildman–Crippen LogP) is 1.45. The minimum absolute atomic E-state index is 0.0238. The zero-order chi connectivity index (χ0) is 13.7. The molecule has 0 spiro atoms. The highest BCUT2D eigenvalue weighted by Gasteiger charge is 2.18. The van der Waals surface area contributed by atoms with Crippen LogP contribution in [0.2, 0.25) is 0 Å². The van der Waals surface area contributed by atoms with Gasteiger partial charge in [-0.1, -0.05) is 0 Å². The Kier molecular flexibility index (Phi) is 5.34. The van der Waals surface area contributed by atoms with Gasteiger partial charge in [0.25, 0.3) is 5.91 Å². The van der Waals surface area contributed by atoms with Gasteiger partial charge in [0.15, 0.2) is 0 Å². The van der Waals surface area contributed by atoms with Crippen LogP contribution in [0.25, 0.3) is 0 Å². The lowest BCUT2D eigenvalue weighted by Gasteiger charge is -2.21. The van der Waals surface area contributed by atoms with E-state index in [0.29, 0.717) is 13.2 Å². The Morgan fingerprint density at radius 3 is 2.67 bits per heavy atom. The Morgan fingerprint density at radius 1 is 1.50 bits per heavy atom. The second kappa shape index (κ2) is 6.54. The Balaban J connectivity index is 2.51. The largest absolute Gasteiger partial charge is 0.369 e. The van der Waals surface area contributed by atoms with Gasteiger partial charge in [-0.15, -0.1) is 0 Å². The number of aromatic amines is 1. The maximum Gasteiger partial charge on any atom is 0.251 e. The molecule has 0 aromatic carbocycles. The van der Waals surface area contributed by atoms with Crippen molar-refractivity contribution in [2.75, 3.05) is 20.2 Å². The van der Waals surface area contributed by atoms with E-state index in [1.54, 1.807) is 11.8 Å². The molecule has 1 heterocycles. The highest BCUT2D eigenvalue weighted by atomic mass is 16.5. The van der Waals surface area contributed by atoms with E-state index in [9.17, 15) is 4.79 Å². The maximum atomic E-state index is 11.9. The van der Waals surface area contributed by atoms with Crippen LogP contribution in [0, 0.1) is 13.8 Å². The Labute approximate surface area is 109 Å². The summed E-state index contributed by atoms with van der Waals surface area (Å²) >= 11 is 0. The van der Waals surface area contributed by atoms with Gasteiger partial charge in [-0.05, 0) is 39.7 Å². The van der Waals surface area contributed by atoms with Gasteiger partial charge in [0, 0.05) is 25.9 Å². The van der Waals surface area contributed by atoms with Crippen molar-refractivity contribution in [1.29, 1.82) is 0 Å². The highest BCUT2D eigenvalue weighted by Crippen LogP contribution is 2.10. The van der Waals surface area contributed by atoms with Crippen LogP contribution >= 0.6 is 0 Å². The number of carbonyl (C=O) groups excluding carboxylic acids is 1. The predicted molar refractivity (Wildman–Crippen MR) is 70.5 cm³/mol. The fraction of sp³-hybridized carbons (Fsp3) is 0.692. The first kappa shape index (κ1) is 14.7. The first-order valence-electron chi connectivity index (χ1n) is 6.34. The number of ether oxygens (including phenoxy) is 1. The van der Waals surface area contributed by atoms with Crippen LogP contribution in [-0.4, -0.2) is 47.3 Å². The third kappa shape index (κ3) is 3.57. The molecule has 18 heavy (non-hydrogen) atoms. The molecule has 1 amide bonds. The Bertz CT molecular complexity index is 381. The third-order valence-electron chi connectivity index (χ3n) is 3.12. The van der Waals surface area contributed by atoms with Gasteiger partial charge in [0.1, 0.15) is 6.10 Å². The van der Waals surface area contributed by atoms with Crippen LogP contribution in [-0.2, 0) is 16.0 Å². The molecule has 1 aromatic heterocycles. The van der Waals surface area contributed by atoms with E-state index in [-0.39, 0.29) is 12.0 Å². The van der Waals surface area contributed by atoms with E-state index in [2.05, 4.69) is 10.2 Å². The summed E-state index contributed by atoms with van der Waals surface area (Å²) in [5.74, 6) is 0.0238. The number of aryl methyl sites for hydroxylation is 2. The molecule has 0 radical (unpaired) electrons. The summed E-state index contributed by atoms with van der Waals surface area (Å²) in [4.78, 5) is 13.7. The lowest BCUT2D eigenvalue weighted by molar-refractivity contribution is -0.140. The monoisotopic (exact) mass is 253 g/mol. The highest BCUT2D eigenvalue weighted by molar-refractivity contribution is 5.80. The molecule has 0 bridgehead atoms. The van der Waals surface area contributed by atoms with Crippen LogP contribution in [0.4, 0.5) is 0 Å². The molecular weight excluding hydrogens is 230 g/mol. The number of aromatic nitrogens is 2. The van der Waals surface area contributed by atoms with Crippen molar-refractivity contribution in [3.63, 3.8) is 0 Å². The second-order valence-electron chi connectivity index (χ2n) is 4.52. The van der Waals surface area contributed by atoms with Crippen LogP contribution in [0.1, 0.15) is 30.8 Å². The van der Waals surface area contributed by atoms with E-state index in [4.69, 9.17) is 4.74 Å². The number of hydrogen-bond donors (Lipinski definition) is 1. The van der Waals surface area contributed by atoms with Gasteiger partial charge in [0.05, 0.1) is 5.69 Å². The second-order valence-corrected chi connectivity index (χ2v) is 4.52. The molecule has 1 atom stereocenters. The molecule has 0 fully saturated rings. The van der Waals surface area contributed by atoms with Gasteiger partial charge in [0.2, 0.25) is 0 Å². The molecule has 1 aromatic rings. The molecular formula is C13H23N3O2. The molecule has 0 unspecified atom stereocenters. The number of hydrogen-bond acceptors (Lipinski definition) is 3. The summed E-state index contributed by atoms with van der Waals surface area (Å²) in [5.41, 5.74) is 3.27. The SMILES string of the molecule is CCO[C@H](C)C(=O)N(C)CCc1c(C)n[nH]c1C. The van der Waals surface area contributed by atoms with Crippen molar-refractivity contribution in [3.05, 3.63) is 17.0 Å². The van der Waals surface area contributed by atoms with Crippen molar-refractivity contribution in [2.24, 2.45) is 0 Å². The van der Waals surface area contributed by atoms with Gasteiger partial charge in [-0.3, -0.25) is 9.89 Å². The number of nitrogens with zero attached hydrogens (tertiary/aromatic N) is 2. The number of carbonyl (C=O) groups is 1. The summed E-state index contributed by atoms with van der Waals surface area (Å²) < 4.78 is 5.30. The van der Waals surface area contributed by atoms with Crippen LogP contribution in [0.15, 0.2) is 0 Å². The zero-order valence-electron chi connectivity index (χ0n) is 11.9. The number of amides is 1. The smallest absolute Gasteiger partial charge is 0.251 e. The first-order valence-corrected chi connectivity index (χ1v) is 6.34. The van der Waals surface area contributed by atoms with Crippen molar-refractivity contribution < 1.29 is 9.53 Å². The van der Waals surface area contributed by atoms with Gasteiger partial charge in [-0.2, -0.15) is 5.10 Å². The first-order chi connectivity index (χ1) is 8.47. The Morgan fingerprint density at radius 2 is 2.17 bits per heavy atom. The van der Waals surface area contributed by atoms with Crippen LogP contribution in [0.5, 0.6) is 0 Å². The van der Waals surface area contributed by atoms with Gasteiger partial charge in [-0.25, -0.2) is 0 Å². The minimum atomic E-state index is -0.369. The van der Waals surface area contributed by atoms with E-state index < -0.39 is 0 Å². The topological polar surface area (TPSA) is 58.2 Å². The summed E-state index contributed by atoms with van der Waals surface area (Å²) in [7, 11) is 1.81. The molecule has 0 aliphatic carbocycles. The van der Waals surface area contributed by atoms with Crippen molar-refractivity contribution >= 4 is 5.91 Å². The van der Waals surface area contributed by atoms with Crippen molar-refractivity contribution in [3.8, 4) is 0 Å². The lowest BCUT2D eigenvalue weighted by Crippen LogP contribution is -2.37. The minimum Gasteiger partial charge on any atom is -0.369 e. The molecule has 5 heteroatoms. The fourth-order valence-corrected chi connectivity index (χ4v) is 1.96. The molecule has 102 valence electrons. The quantitative estimate of drug-likeness (QED) is 0.835. The normalized spacial score (nSPS) is 12.5. The third-order valence-corrected chi connectivity index (χ3v) is 3.12. The number of likely N-dealkylation sites (N-methyl/N-ethyl adjacent to an activating group) is 1. The number of rotatable bonds is 6. The van der Waals surface area contributed by atoms with Crippen LogP contribution in [0.3, 0.4) is 0 Å². The standard InChI is InChI=1S/C13H23N3O2/c1-6-18-11(4)13(17)16(5)8-7-12-9(2)14-15-10(12)3/h11H,6-8H2,1-5H3,(H,14,15)/t11-/m1/s1. The van der Waals surface area contributed by atoms with E-state index in [0.717, 1.165) is 17.8 Å². The molecule has 5 nitrogen and oxygen atoms in total. The average molecular weight is 253 g/mol. The molecule has 0 saturated heterocycles. The molecule has 0 saturated carbocycles. The summed E-state index contributed by atoms with van der Waals surface area (Å²) in [6.07, 6.45) is 0.446. The van der Waals surface area contributed by atoms with Gasteiger partial charge < -0.3 is 9.64 Å². The fourth-order valence-electron chi connectivity index (χ4n) is 1.96. The molecule has 1 rings (SSSR count). The number of H-pyrrole nitrogens is 1. The Hall–Kier alpha value is -1.36. The van der Waals surface area contributed by atoms with Crippen molar-refractivity contribution in [2.45, 2.75) is 40.2 Å². The summed E-state index contributed by atoms with van der Waals surface area (Å²) in [6.45, 7) is 8.89. The molecule has 0 aliphatic heterocycles. The molecule has 0 aliphatic rings. The lowest BCUT2D eigenvalue weighted by atomic mass is 10.1. The van der Waals surface area contributed by atoms with Gasteiger partial charge >= 0.3 is 0 Å². The zero-order valence-corrected chi connectivity index (χ0v) is 11.9. The van der Waals surface area contributed by atoms with Crippen LogP contribution < -0.4 is 0 Å². The van der Waals surface area contributed by atoms with E-state index in [1.807, 2.05) is 27.8 Å². The summed E-state index contributed by atoms with van der Waals surface area (Å²) in [5, 5.41) is 7.11.